The molecule has 0 spiro atoms. The first-order valence-electron chi connectivity index (χ1n) is 12.1. The second-order valence-corrected chi connectivity index (χ2v) is 11.9. The van der Waals surface area contributed by atoms with Crippen molar-refractivity contribution in [2.24, 2.45) is 0 Å². The number of amides is 1. The van der Waals surface area contributed by atoms with E-state index in [0.29, 0.717) is 32.1 Å². The van der Waals surface area contributed by atoms with E-state index < -0.39 is 6.10 Å². The number of rotatable bonds is 6. The molecule has 1 aliphatic carbocycles. The highest BCUT2D eigenvalue weighted by atomic mass is 79.9. The summed E-state index contributed by atoms with van der Waals surface area (Å²) in [5.74, 6) is 1.15. The van der Waals surface area contributed by atoms with Gasteiger partial charge in [0.05, 0.1) is 21.5 Å². The van der Waals surface area contributed by atoms with Gasteiger partial charge in [0.2, 0.25) is 5.91 Å². The monoisotopic (exact) mass is 549 g/mol. The van der Waals surface area contributed by atoms with Crippen molar-refractivity contribution in [1.29, 1.82) is 0 Å². The second kappa shape index (κ2) is 10.6. The topological polar surface area (TPSA) is 90.8 Å². The van der Waals surface area contributed by atoms with Gasteiger partial charge < -0.3 is 25.0 Å². The number of aromatic nitrogens is 2. The third-order valence-electron chi connectivity index (χ3n) is 7.24. The first-order chi connectivity index (χ1) is 16.5. The fourth-order valence-electron chi connectivity index (χ4n) is 5.32. The lowest BCUT2D eigenvalue weighted by molar-refractivity contribution is -0.133. The molecule has 2 N–H and O–H groups in total. The molecule has 10 heteroatoms. The summed E-state index contributed by atoms with van der Waals surface area (Å²) in [6.07, 6.45) is 3.72. The second-order valence-electron chi connectivity index (χ2n) is 9.45. The van der Waals surface area contributed by atoms with Crippen molar-refractivity contribution in [2.45, 2.75) is 50.2 Å². The molecule has 0 aromatic carbocycles. The van der Waals surface area contributed by atoms with E-state index in [2.05, 4.69) is 49.1 Å². The van der Waals surface area contributed by atoms with Crippen molar-refractivity contribution < 1.29 is 14.6 Å². The quantitative estimate of drug-likeness (QED) is 0.572. The maximum atomic E-state index is 13.7. The molecule has 0 radical (unpaired) electrons. The summed E-state index contributed by atoms with van der Waals surface area (Å²) in [6.45, 7) is 7.11. The van der Waals surface area contributed by atoms with Gasteiger partial charge in [-0.25, -0.2) is 9.97 Å². The predicted molar refractivity (Wildman–Crippen MR) is 135 cm³/mol. The van der Waals surface area contributed by atoms with Crippen LogP contribution in [0, 0.1) is 0 Å². The molecule has 2 aromatic heterocycles. The molecule has 3 aliphatic rings. The summed E-state index contributed by atoms with van der Waals surface area (Å²) in [6, 6.07) is 4.50. The molecule has 0 saturated carbocycles. The lowest BCUT2D eigenvalue weighted by atomic mass is 10.0. The maximum Gasteiger partial charge on any atom is 0.232 e. The number of nitrogens with one attached hydrogen (secondary N) is 1. The van der Waals surface area contributed by atoms with Gasteiger partial charge in [0.15, 0.2) is 0 Å². The number of anilines is 1. The number of aliphatic hydroxyl groups excluding tert-OH is 1. The predicted octanol–water partition coefficient (Wildman–Crippen LogP) is 3.04. The smallest absolute Gasteiger partial charge is 0.232 e. The summed E-state index contributed by atoms with van der Waals surface area (Å²) >= 11 is 5.20. The summed E-state index contributed by atoms with van der Waals surface area (Å²) in [5, 5.41) is 14.0. The lowest BCUT2D eigenvalue weighted by Gasteiger charge is -2.38. The highest BCUT2D eigenvalue weighted by Gasteiger charge is 2.35. The van der Waals surface area contributed by atoms with Crippen molar-refractivity contribution in [2.75, 3.05) is 50.8 Å². The molecule has 5 rings (SSSR count). The molecule has 2 saturated heterocycles. The highest BCUT2D eigenvalue weighted by molar-refractivity contribution is 9.11. The van der Waals surface area contributed by atoms with E-state index in [9.17, 15) is 9.90 Å². The molecular weight excluding hydrogens is 518 g/mol. The van der Waals surface area contributed by atoms with Gasteiger partial charge in [-0.3, -0.25) is 4.79 Å². The minimum Gasteiger partial charge on any atom is -0.387 e. The number of fused-ring (bicyclic) bond motifs is 1. The van der Waals surface area contributed by atoms with Gasteiger partial charge in [-0.05, 0) is 53.2 Å². The van der Waals surface area contributed by atoms with Crippen LogP contribution in [0.15, 0.2) is 22.2 Å². The fourth-order valence-corrected chi connectivity index (χ4v) is 6.84. The van der Waals surface area contributed by atoms with Crippen molar-refractivity contribution in [3.05, 3.63) is 38.4 Å². The maximum absolute atomic E-state index is 13.7. The molecule has 34 heavy (non-hydrogen) atoms. The Morgan fingerprint density at radius 3 is 2.74 bits per heavy atom. The van der Waals surface area contributed by atoms with E-state index in [-0.39, 0.29) is 17.7 Å². The number of nitrogens with zero attached hydrogens (tertiary/aromatic N) is 4. The van der Waals surface area contributed by atoms with Gasteiger partial charge in [-0.2, -0.15) is 0 Å². The van der Waals surface area contributed by atoms with Crippen LogP contribution in [0.3, 0.4) is 0 Å². The van der Waals surface area contributed by atoms with Crippen molar-refractivity contribution in [1.82, 2.24) is 20.2 Å². The van der Waals surface area contributed by atoms with Gasteiger partial charge >= 0.3 is 0 Å². The number of piperazine rings is 1. The van der Waals surface area contributed by atoms with Gasteiger partial charge in [-0.1, -0.05) is 6.92 Å². The number of hydrogen-bond donors (Lipinski definition) is 2. The number of thiophene rings is 1. The molecular formula is C24H32BrN5O3S. The minimum atomic E-state index is -0.510. The van der Waals surface area contributed by atoms with Gasteiger partial charge in [-0.15, -0.1) is 11.3 Å². The number of aliphatic hydroxyl groups is 1. The Balaban J connectivity index is 1.26. The lowest BCUT2D eigenvalue weighted by Crippen LogP contribution is -2.51. The van der Waals surface area contributed by atoms with Crippen LogP contribution in [-0.4, -0.2) is 77.9 Å². The fraction of sp³-hybridized carbons (Fsp3) is 0.625. The Bertz CT molecular complexity index is 1010. The number of hydrogen-bond acceptors (Lipinski definition) is 8. The largest absolute Gasteiger partial charge is 0.387 e. The van der Waals surface area contributed by atoms with Crippen LogP contribution in [0.1, 0.15) is 60.3 Å². The summed E-state index contributed by atoms with van der Waals surface area (Å²) < 4.78 is 6.52. The van der Waals surface area contributed by atoms with Crippen molar-refractivity contribution in [3.8, 4) is 0 Å². The molecule has 1 amide bonds. The molecule has 2 unspecified atom stereocenters. The van der Waals surface area contributed by atoms with E-state index >= 15 is 0 Å². The van der Waals surface area contributed by atoms with Crippen LogP contribution < -0.4 is 10.2 Å². The molecule has 2 aliphatic heterocycles. The van der Waals surface area contributed by atoms with E-state index in [1.807, 2.05) is 11.0 Å². The van der Waals surface area contributed by atoms with Crippen LogP contribution in [0.2, 0.25) is 0 Å². The van der Waals surface area contributed by atoms with Crippen molar-refractivity contribution in [3.63, 3.8) is 0 Å². The zero-order chi connectivity index (χ0) is 23.7. The normalized spacial score (nSPS) is 24.3. The molecule has 3 atom stereocenters. The van der Waals surface area contributed by atoms with E-state index in [0.717, 1.165) is 64.9 Å². The highest BCUT2D eigenvalue weighted by Crippen LogP contribution is 2.42. The molecule has 184 valence electrons. The van der Waals surface area contributed by atoms with Crippen LogP contribution in [0.5, 0.6) is 0 Å². The molecule has 4 heterocycles. The first-order valence-corrected chi connectivity index (χ1v) is 13.7. The Labute approximate surface area is 212 Å². The molecule has 0 bridgehead atoms. The van der Waals surface area contributed by atoms with E-state index in [1.54, 1.807) is 17.7 Å². The van der Waals surface area contributed by atoms with E-state index in [4.69, 9.17) is 4.74 Å². The van der Waals surface area contributed by atoms with Crippen LogP contribution in [-0.2, 0) is 9.53 Å². The summed E-state index contributed by atoms with van der Waals surface area (Å²) in [4.78, 5) is 27.9. The third-order valence-corrected chi connectivity index (χ3v) is 8.97. The zero-order valence-corrected chi connectivity index (χ0v) is 21.9. The Hall–Kier alpha value is -1.59. The van der Waals surface area contributed by atoms with E-state index in [1.165, 1.54) is 0 Å². The number of carbonyl (C=O) groups is 1. The zero-order valence-electron chi connectivity index (χ0n) is 19.5. The Morgan fingerprint density at radius 1 is 1.26 bits per heavy atom. The van der Waals surface area contributed by atoms with Gasteiger partial charge in [0.25, 0.3) is 0 Å². The standard InChI is InChI=1S/C24H32BrN5O3S/c1-15-12-18(31)22-21(15)23(28-14-27-22)29-6-8-30(9-7-29)24(32)17(19-2-3-20(25)34-19)13-26-16-4-10-33-11-5-16/h2-3,14-18,26,31H,4-13H2,1H3/t15?,17-,18?/m1/s1. The van der Waals surface area contributed by atoms with Crippen LogP contribution in [0.4, 0.5) is 5.82 Å². The van der Waals surface area contributed by atoms with Crippen molar-refractivity contribution >= 4 is 39.0 Å². The van der Waals surface area contributed by atoms with Gasteiger partial charge in [0.1, 0.15) is 12.1 Å². The summed E-state index contributed by atoms with van der Waals surface area (Å²) in [5.41, 5.74) is 1.83. The average Bonchev–Trinajstić information content (AvgIpc) is 3.42. The molecule has 8 nitrogen and oxygen atoms in total. The molecule has 2 fully saturated rings. The third kappa shape index (κ3) is 5.02. The molecule has 2 aromatic rings. The average molecular weight is 551 g/mol. The van der Waals surface area contributed by atoms with Crippen LogP contribution in [0.25, 0.3) is 0 Å². The minimum absolute atomic E-state index is 0.185. The Morgan fingerprint density at radius 2 is 2.03 bits per heavy atom. The van der Waals surface area contributed by atoms with Gasteiger partial charge in [0, 0.05) is 62.4 Å². The Kier molecular flexibility index (Phi) is 7.50. The number of carbonyl (C=O) groups excluding carboxylic acids is 1. The SMILES string of the molecule is CC1CC(O)c2ncnc(N3CCN(C(=O)[C@H](CNC4CCOCC4)c4ccc(Br)s4)CC3)c21. The number of ether oxygens (including phenoxy) is 1. The first kappa shape index (κ1) is 24.1. The summed E-state index contributed by atoms with van der Waals surface area (Å²) in [7, 11) is 0. The van der Waals surface area contributed by atoms with Crippen LogP contribution >= 0.6 is 27.3 Å². The number of halogens is 1.